The molecule has 2 aliphatic carbocycles. The monoisotopic (exact) mass is 456 g/mol. The van der Waals surface area contributed by atoms with E-state index >= 15 is 0 Å². The first-order valence-corrected chi connectivity index (χ1v) is 12.8. The van der Waals surface area contributed by atoms with E-state index in [4.69, 9.17) is 10.1 Å². The molecule has 3 aromatic heterocycles. The van der Waals surface area contributed by atoms with Gasteiger partial charge in [0.1, 0.15) is 0 Å². The van der Waals surface area contributed by atoms with Gasteiger partial charge in [0.15, 0.2) is 5.65 Å². The number of rotatable bonds is 5. The molecule has 3 heterocycles. The van der Waals surface area contributed by atoms with Crippen LogP contribution in [0.2, 0.25) is 0 Å². The second-order valence-corrected chi connectivity index (χ2v) is 10.6. The predicted octanol–water partition coefficient (Wildman–Crippen LogP) is 6.01. The summed E-state index contributed by atoms with van der Waals surface area (Å²) in [6.45, 7) is 4.15. The maximum absolute atomic E-state index is 13.7. The van der Waals surface area contributed by atoms with Crippen molar-refractivity contribution in [2.45, 2.75) is 45.6 Å². The highest BCUT2D eigenvalue weighted by molar-refractivity contribution is 7.13. The number of nitrogens with zero attached hydrogens (tertiary/aromatic N) is 3. The van der Waals surface area contributed by atoms with Gasteiger partial charge in [-0.3, -0.25) is 4.79 Å². The van der Waals surface area contributed by atoms with Gasteiger partial charge in [0.2, 0.25) is 0 Å². The predicted molar refractivity (Wildman–Crippen MR) is 133 cm³/mol. The van der Waals surface area contributed by atoms with Crippen molar-refractivity contribution in [1.29, 1.82) is 0 Å². The number of thiophene rings is 1. The molecule has 2 fully saturated rings. The fraction of sp³-hybridized carbons (Fsp3) is 0.370. The topological polar surface area (TPSA) is 59.8 Å². The van der Waals surface area contributed by atoms with Crippen LogP contribution in [0.5, 0.6) is 0 Å². The highest BCUT2D eigenvalue weighted by Gasteiger charge is 2.42. The summed E-state index contributed by atoms with van der Waals surface area (Å²) in [4.78, 5) is 19.7. The van der Waals surface area contributed by atoms with E-state index in [1.54, 1.807) is 11.3 Å². The van der Waals surface area contributed by atoms with Crippen LogP contribution in [0.25, 0.3) is 27.3 Å². The van der Waals surface area contributed by atoms with Crippen LogP contribution in [0.3, 0.4) is 0 Å². The maximum Gasteiger partial charge on any atom is 0.252 e. The molecule has 1 aromatic carbocycles. The molecule has 0 spiro atoms. The number of amides is 1. The Hall–Kier alpha value is -2.99. The number of carbonyl (C=O) groups excluding carboxylic acids is 1. The van der Waals surface area contributed by atoms with Gasteiger partial charge in [-0.25, -0.2) is 9.67 Å². The largest absolute Gasteiger partial charge is 0.349 e. The van der Waals surface area contributed by atoms with Crippen LogP contribution >= 0.6 is 11.3 Å². The highest BCUT2D eigenvalue weighted by atomic mass is 32.1. The Morgan fingerprint density at radius 2 is 2.00 bits per heavy atom. The zero-order chi connectivity index (χ0) is 22.5. The molecule has 6 heteroatoms. The van der Waals surface area contributed by atoms with E-state index in [1.165, 1.54) is 25.7 Å². The Morgan fingerprint density at radius 1 is 1.15 bits per heavy atom. The van der Waals surface area contributed by atoms with Crippen molar-refractivity contribution >= 4 is 28.3 Å². The first-order chi connectivity index (χ1) is 16.1. The third-order valence-electron chi connectivity index (χ3n) is 7.63. The number of para-hydroxylation sites is 1. The van der Waals surface area contributed by atoms with Crippen molar-refractivity contribution in [3.05, 3.63) is 65.2 Å². The molecule has 33 heavy (non-hydrogen) atoms. The van der Waals surface area contributed by atoms with Crippen LogP contribution in [-0.2, 0) is 0 Å². The van der Waals surface area contributed by atoms with E-state index in [9.17, 15) is 4.79 Å². The third kappa shape index (κ3) is 3.57. The van der Waals surface area contributed by atoms with E-state index < -0.39 is 0 Å². The number of benzene rings is 1. The lowest BCUT2D eigenvalue weighted by molar-refractivity contribution is 0.0917. The standard InChI is InChI=1S/C27H28N4OS/c1-16(21-14-18-10-11-19(21)13-18)28-27(32)22-15-23(24-9-6-12-33-24)29-26-25(22)17(2)30-31(26)20-7-4-3-5-8-20/h3-9,12,15-16,18-19,21H,10-11,13-14H2,1-2H3,(H,28,32)/t16-,18+,19+,21+/m0/s1. The quantitative estimate of drug-likeness (QED) is 0.400. The first-order valence-electron chi connectivity index (χ1n) is 11.9. The molecule has 1 N–H and O–H groups in total. The average molecular weight is 457 g/mol. The lowest BCUT2D eigenvalue weighted by Gasteiger charge is -2.28. The molecule has 0 unspecified atom stereocenters. The molecule has 4 atom stereocenters. The zero-order valence-corrected chi connectivity index (χ0v) is 19.8. The van der Waals surface area contributed by atoms with Gasteiger partial charge in [-0.15, -0.1) is 11.3 Å². The second-order valence-electron chi connectivity index (χ2n) is 9.66. The van der Waals surface area contributed by atoms with Crippen molar-refractivity contribution in [3.8, 4) is 16.3 Å². The normalized spacial score (nSPS) is 22.7. The molecule has 2 aliphatic rings. The van der Waals surface area contributed by atoms with Crippen LogP contribution in [-0.4, -0.2) is 26.7 Å². The smallest absolute Gasteiger partial charge is 0.252 e. The second kappa shape index (κ2) is 8.10. The Balaban J connectivity index is 1.43. The molecule has 4 aromatic rings. The number of hydrogen-bond donors (Lipinski definition) is 1. The van der Waals surface area contributed by atoms with Crippen LogP contribution in [0.4, 0.5) is 0 Å². The molecular weight excluding hydrogens is 428 g/mol. The number of carbonyl (C=O) groups is 1. The van der Waals surface area contributed by atoms with Gasteiger partial charge in [-0.05, 0) is 80.5 Å². The molecule has 1 amide bonds. The van der Waals surface area contributed by atoms with Crippen LogP contribution < -0.4 is 5.32 Å². The van der Waals surface area contributed by atoms with Gasteiger partial charge >= 0.3 is 0 Å². The highest BCUT2D eigenvalue weighted by Crippen LogP contribution is 2.49. The van der Waals surface area contributed by atoms with Crippen molar-refractivity contribution in [3.63, 3.8) is 0 Å². The molecule has 6 rings (SSSR count). The fourth-order valence-corrected chi connectivity index (χ4v) is 6.75. The van der Waals surface area contributed by atoms with Crippen molar-refractivity contribution < 1.29 is 4.79 Å². The number of nitrogens with one attached hydrogen (secondary N) is 1. The molecular formula is C27H28N4OS. The van der Waals surface area contributed by atoms with Crippen LogP contribution in [0.15, 0.2) is 53.9 Å². The Labute approximate surface area is 197 Å². The van der Waals surface area contributed by atoms with Crippen molar-refractivity contribution in [1.82, 2.24) is 20.1 Å². The average Bonchev–Trinajstić information content (AvgIpc) is 3.63. The van der Waals surface area contributed by atoms with Gasteiger partial charge in [0.05, 0.1) is 32.9 Å². The summed E-state index contributed by atoms with van der Waals surface area (Å²) in [6, 6.07) is 16.2. The lowest BCUT2D eigenvalue weighted by atomic mass is 9.84. The number of aromatic nitrogens is 3. The Bertz CT molecular complexity index is 1310. The van der Waals surface area contributed by atoms with E-state index in [0.29, 0.717) is 11.5 Å². The van der Waals surface area contributed by atoms with Crippen molar-refractivity contribution in [2.75, 3.05) is 0 Å². The van der Waals surface area contributed by atoms with Gasteiger partial charge in [0.25, 0.3) is 5.91 Å². The minimum absolute atomic E-state index is 0.0220. The summed E-state index contributed by atoms with van der Waals surface area (Å²) < 4.78 is 1.86. The summed E-state index contributed by atoms with van der Waals surface area (Å²) in [6.07, 6.45) is 5.29. The van der Waals surface area contributed by atoms with Crippen LogP contribution in [0.1, 0.15) is 48.7 Å². The summed E-state index contributed by atoms with van der Waals surface area (Å²) in [7, 11) is 0. The SMILES string of the molecule is Cc1nn(-c2ccccc2)c2nc(-c3cccs3)cc(C(=O)N[C@@H](C)[C@H]3C[C@@H]4CC[C@@H]3C4)c12. The molecule has 168 valence electrons. The fourth-order valence-electron chi connectivity index (χ4n) is 6.07. The third-order valence-corrected chi connectivity index (χ3v) is 8.52. The molecule has 0 radical (unpaired) electrons. The van der Waals surface area contributed by atoms with Gasteiger partial charge in [-0.2, -0.15) is 5.10 Å². The molecule has 5 nitrogen and oxygen atoms in total. The Kier molecular flexibility index (Phi) is 5.06. The zero-order valence-electron chi connectivity index (χ0n) is 19.0. The van der Waals surface area contributed by atoms with Crippen LogP contribution in [0, 0.1) is 24.7 Å². The summed E-state index contributed by atoms with van der Waals surface area (Å²) >= 11 is 1.63. The Morgan fingerprint density at radius 3 is 2.70 bits per heavy atom. The van der Waals surface area contributed by atoms with E-state index in [2.05, 4.69) is 18.3 Å². The van der Waals surface area contributed by atoms with E-state index in [1.807, 2.05) is 59.5 Å². The summed E-state index contributed by atoms with van der Waals surface area (Å²) in [5, 5.41) is 11.0. The minimum Gasteiger partial charge on any atom is -0.349 e. The first kappa shape index (κ1) is 20.6. The molecule has 0 saturated heterocycles. The van der Waals surface area contributed by atoms with Gasteiger partial charge < -0.3 is 5.32 Å². The van der Waals surface area contributed by atoms with E-state index in [-0.39, 0.29) is 11.9 Å². The molecule has 0 aliphatic heterocycles. The number of hydrogen-bond acceptors (Lipinski definition) is 4. The number of fused-ring (bicyclic) bond motifs is 3. The van der Waals surface area contributed by atoms with Gasteiger partial charge in [0, 0.05) is 6.04 Å². The minimum atomic E-state index is -0.0220. The molecule has 2 saturated carbocycles. The summed E-state index contributed by atoms with van der Waals surface area (Å²) in [5.41, 5.74) is 3.96. The van der Waals surface area contributed by atoms with E-state index in [0.717, 1.165) is 44.8 Å². The molecule has 2 bridgehead atoms. The lowest BCUT2D eigenvalue weighted by Crippen LogP contribution is -2.40. The summed E-state index contributed by atoms with van der Waals surface area (Å²) in [5.74, 6) is 2.21. The van der Waals surface area contributed by atoms with Gasteiger partial charge in [-0.1, -0.05) is 30.7 Å². The number of aryl methyl sites for hydroxylation is 1. The number of pyridine rings is 1. The van der Waals surface area contributed by atoms with Crippen molar-refractivity contribution in [2.24, 2.45) is 17.8 Å². The maximum atomic E-state index is 13.7.